The molecule has 7 heteroatoms. The van der Waals surface area contributed by atoms with Crippen molar-refractivity contribution in [3.8, 4) is 17.1 Å². The van der Waals surface area contributed by atoms with Crippen molar-refractivity contribution < 1.29 is 4.79 Å². The van der Waals surface area contributed by atoms with Crippen LogP contribution in [0.3, 0.4) is 0 Å². The van der Waals surface area contributed by atoms with Crippen LogP contribution in [0.2, 0.25) is 0 Å². The summed E-state index contributed by atoms with van der Waals surface area (Å²) in [4.78, 5) is 25.0. The van der Waals surface area contributed by atoms with E-state index in [1.807, 2.05) is 66.6 Å². The second-order valence-corrected chi connectivity index (χ2v) is 7.55. The molecule has 0 saturated carbocycles. The quantitative estimate of drug-likeness (QED) is 0.565. The number of hydrogen-bond donors (Lipinski definition) is 1. The molecule has 4 aromatic rings. The first kappa shape index (κ1) is 18.3. The lowest BCUT2D eigenvalue weighted by atomic mass is 10.1. The van der Waals surface area contributed by atoms with Gasteiger partial charge in [-0.2, -0.15) is 15.0 Å². The van der Waals surface area contributed by atoms with E-state index in [-0.39, 0.29) is 11.9 Å². The maximum atomic E-state index is 13.6. The molecule has 1 amide bonds. The summed E-state index contributed by atoms with van der Waals surface area (Å²) >= 11 is 0. The maximum absolute atomic E-state index is 13.6. The monoisotopic (exact) mass is 398 g/mol. The molecule has 1 N–H and O–H groups in total. The Hall–Kier alpha value is -3.74. The van der Waals surface area contributed by atoms with Crippen molar-refractivity contribution in [2.75, 3.05) is 6.54 Å². The number of carbonyl (C=O) groups is 1. The van der Waals surface area contributed by atoms with E-state index in [0.29, 0.717) is 17.8 Å². The normalized spacial score (nSPS) is 16.2. The molecule has 0 aliphatic carbocycles. The summed E-state index contributed by atoms with van der Waals surface area (Å²) in [6.07, 6.45) is 6.94. The van der Waals surface area contributed by atoms with Gasteiger partial charge in [-0.25, -0.2) is 4.98 Å². The van der Waals surface area contributed by atoms with E-state index < -0.39 is 0 Å². The van der Waals surface area contributed by atoms with Gasteiger partial charge >= 0.3 is 0 Å². The second-order valence-electron chi connectivity index (χ2n) is 7.55. The third-order valence-corrected chi connectivity index (χ3v) is 5.53. The maximum Gasteiger partial charge on any atom is 0.256 e. The molecule has 1 aliphatic rings. The number of carbonyl (C=O) groups excluding carboxylic acids is 1. The van der Waals surface area contributed by atoms with Crippen LogP contribution in [-0.2, 0) is 0 Å². The Morgan fingerprint density at radius 1 is 1.10 bits per heavy atom. The fourth-order valence-electron chi connectivity index (χ4n) is 4.07. The molecule has 30 heavy (non-hydrogen) atoms. The van der Waals surface area contributed by atoms with E-state index in [2.05, 4.69) is 20.2 Å². The van der Waals surface area contributed by atoms with Crippen LogP contribution in [0.5, 0.6) is 0 Å². The molecule has 2 aromatic carbocycles. The summed E-state index contributed by atoms with van der Waals surface area (Å²) in [5.74, 6) is 0.811. The number of aromatic amines is 1. The summed E-state index contributed by atoms with van der Waals surface area (Å²) in [5.41, 5.74) is 4.33. The lowest BCUT2D eigenvalue weighted by molar-refractivity contribution is 0.0733. The molecular weight excluding hydrogens is 376 g/mol. The highest BCUT2D eigenvalue weighted by atomic mass is 16.2. The Morgan fingerprint density at radius 2 is 1.90 bits per heavy atom. The van der Waals surface area contributed by atoms with Crippen LogP contribution in [0, 0.1) is 6.92 Å². The lowest BCUT2D eigenvalue weighted by Crippen LogP contribution is -2.31. The number of hydrogen-bond acceptors (Lipinski definition) is 4. The Morgan fingerprint density at radius 3 is 2.70 bits per heavy atom. The van der Waals surface area contributed by atoms with Crippen LogP contribution in [0.15, 0.2) is 67.1 Å². The molecule has 0 spiro atoms. The zero-order valence-corrected chi connectivity index (χ0v) is 16.7. The van der Waals surface area contributed by atoms with Gasteiger partial charge in [0.2, 0.25) is 0 Å². The third kappa shape index (κ3) is 3.28. The van der Waals surface area contributed by atoms with Crippen LogP contribution >= 0.6 is 0 Å². The number of rotatable bonds is 4. The van der Waals surface area contributed by atoms with Gasteiger partial charge < -0.3 is 9.88 Å². The fraction of sp³-hybridized carbons (Fsp3) is 0.217. The molecule has 3 heterocycles. The molecule has 1 unspecified atom stereocenters. The molecule has 1 saturated heterocycles. The van der Waals surface area contributed by atoms with Gasteiger partial charge in [-0.1, -0.05) is 42.0 Å². The van der Waals surface area contributed by atoms with Crippen molar-refractivity contribution in [1.82, 2.24) is 29.9 Å². The van der Waals surface area contributed by atoms with Gasteiger partial charge in [0.15, 0.2) is 0 Å². The standard InChI is InChI=1S/C23H22N6O/c1-16-9-10-20(29-25-11-12-26-29)18(14-16)23(30)28-13-5-8-21(28)19-15-24-22(27-19)17-6-3-2-4-7-17/h2-4,6-7,9-12,14-15,21H,5,8,13H2,1H3,(H,24,27). The van der Waals surface area contributed by atoms with Gasteiger partial charge in [-0.15, -0.1) is 0 Å². The van der Waals surface area contributed by atoms with Gasteiger partial charge in [-0.05, 0) is 31.9 Å². The number of imidazole rings is 1. The van der Waals surface area contributed by atoms with Gasteiger partial charge in [-0.3, -0.25) is 4.79 Å². The van der Waals surface area contributed by atoms with Crippen molar-refractivity contribution in [3.63, 3.8) is 0 Å². The molecule has 0 radical (unpaired) electrons. The van der Waals surface area contributed by atoms with Crippen LogP contribution in [-0.4, -0.2) is 42.3 Å². The van der Waals surface area contributed by atoms with E-state index in [0.717, 1.165) is 35.5 Å². The number of nitrogens with zero attached hydrogens (tertiary/aromatic N) is 5. The van der Waals surface area contributed by atoms with Crippen LogP contribution in [0.25, 0.3) is 17.1 Å². The first-order chi connectivity index (χ1) is 14.7. The van der Waals surface area contributed by atoms with Gasteiger partial charge in [0.25, 0.3) is 5.91 Å². The largest absolute Gasteiger partial charge is 0.340 e. The predicted molar refractivity (Wildman–Crippen MR) is 113 cm³/mol. The van der Waals surface area contributed by atoms with Crippen LogP contribution in [0.1, 0.15) is 40.5 Å². The van der Waals surface area contributed by atoms with Crippen LogP contribution < -0.4 is 0 Å². The number of aromatic nitrogens is 5. The van der Waals surface area contributed by atoms with E-state index in [1.165, 1.54) is 4.80 Å². The van der Waals surface area contributed by atoms with E-state index in [4.69, 9.17) is 0 Å². The Balaban J connectivity index is 1.47. The van der Waals surface area contributed by atoms with E-state index in [1.54, 1.807) is 12.4 Å². The zero-order chi connectivity index (χ0) is 20.5. The molecule has 5 rings (SSSR count). The lowest BCUT2D eigenvalue weighted by Gasteiger charge is -2.25. The van der Waals surface area contributed by atoms with E-state index >= 15 is 0 Å². The number of amides is 1. The first-order valence-corrected chi connectivity index (χ1v) is 10.1. The first-order valence-electron chi connectivity index (χ1n) is 10.1. The fourth-order valence-corrected chi connectivity index (χ4v) is 4.07. The highest BCUT2D eigenvalue weighted by Gasteiger charge is 2.33. The highest BCUT2D eigenvalue weighted by Crippen LogP contribution is 2.34. The number of benzene rings is 2. The molecular formula is C23H22N6O. The molecule has 1 atom stereocenters. The van der Waals surface area contributed by atoms with Crippen molar-refractivity contribution >= 4 is 5.91 Å². The summed E-state index contributed by atoms with van der Waals surface area (Å²) < 4.78 is 0. The average molecular weight is 398 g/mol. The number of nitrogens with one attached hydrogen (secondary N) is 1. The minimum Gasteiger partial charge on any atom is -0.340 e. The Bertz CT molecular complexity index is 1170. The zero-order valence-electron chi connectivity index (χ0n) is 16.7. The smallest absolute Gasteiger partial charge is 0.256 e. The van der Waals surface area contributed by atoms with Crippen molar-refractivity contribution in [3.05, 3.63) is 83.9 Å². The van der Waals surface area contributed by atoms with E-state index in [9.17, 15) is 4.79 Å². The summed E-state index contributed by atoms with van der Waals surface area (Å²) in [7, 11) is 0. The number of aryl methyl sites for hydroxylation is 1. The van der Waals surface area contributed by atoms with Crippen molar-refractivity contribution in [1.29, 1.82) is 0 Å². The SMILES string of the molecule is Cc1ccc(-n2nccn2)c(C(=O)N2CCCC2c2cnc(-c3ccccc3)[nH]2)c1. The average Bonchev–Trinajstić information content (AvgIpc) is 3.55. The Kier molecular flexibility index (Phi) is 4.63. The number of likely N-dealkylation sites (tertiary alicyclic amines) is 1. The van der Waals surface area contributed by atoms with Crippen molar-refractivity contribution in [2.45, 2.75) is 25.8 Å². The van der Waals surface area contributed by atoms with Crippen LogP contribution in [0.4, 0.5) is 0 Å². The molecule has 1 fully saturated rings. The summed E-state index contributed by atoms with van der Waals surface area (Å²) in [6.45, 7) is 2.70. The molecule has 2 aromatic heterocycles. The molecule has 1 aliphatic heterocycles. The molecule has 0 bridgehead atoms. The molecule has 150 valence electrons. The Labute approximate surface area is 174 Å². The third-order valence-electron chi connectivity index (χ3n) is 5.53. The number of H-pyrrole nitrogens is 1. The highest BCUT2D eigenvalue weighted by molar-refractivity contribution is 5.98. The second kappa shape index (κ2) is 7.59. The topological polar surface area (TPSA) is 79.7 Å². The molecule has 7 nitrogen and oxygen atoms in total. The minimum atomic E-state index is -0.0265. The minimum absolute atomic E-state index is 0.00985. The predicted octanol–water partition coefficient (Wildman–Crippen LogP) is 3.94. The van der Waals surface area contributed by atoms with Gasteiger partial charge in [0, 0.05) is 12.1 Å². The summed E-state index contributed by atoms with van der Waals surface area (Å²) in [6, 6.07) is 15.8. The van der Waals surface area contributed by atoms with Gasteiger partial charge in [0.05, 0.1) is 41.6 Å². The van der Waals surface area contributed by atoms with Gasteiger partial charge in [0.1, 0.15) is 5.82 Å². The van der Waals surface area contributed by atoms with Crippen molar-refractivity contribution in [2.24, 2.45) is 0 Å². The summed E-state index contributed by atoms with van der Waals surface area (Å²) in [5, 5.41) is 8.44.